The van der Waals surface area contributed by atoms with Crippen LogP contribution in [0.5, 0.6) is 0 Å². The Hall–Kier alpha value is -1.12. The molecule has 15 heavy (non-hydrogen) atoms. The molecule has 84 valence electrons. The van der Waals surface area contributed by atoms with Crippen molar-refractivity contribution in [3.63, 3.8) is 0 Å². The van der Waals surface area contributed by atoms with Crippen molar-refractivity contribution < 1.29 is 4.79 Å². The molecule has 1 fully saturated rings. The lowest BCUT2D eigenvalue weighted by molar-refractivity contribution is -0.121. The van der Waals surface area contributed by atoms with Gasteiger partial charge in [0.2, 0.25) is 5.91 Å². The van der Waals surface area contributed by atoms with E-state index in [0.717, 1.165) is 32.7 Å². The van der Waals surface area contributed by atoms with Gasteiger partial charge in [-0.15, -0.1) is 0 Å². The molecule has 0 aromatic carbocycles. The van der Waals surface area contributed by atoms with Gasteiger partial charge in [0, 0.05) is 46.2 Å². The number of nitriles is 1. The molecule has 0 radical (unpaired) electrons. The maximum Gasteiger partial charge on any atom is 0.221 e. The van der Waals surface area contributed by atoms with Gasteiger partial charge in [-0.25, -0.2) is 0 Å². The molecule has 0 bridgehead atoms. The molecular formula is C10H18N4O. The van der Waals surface area contributed by atoms with E-state index in [1.807, 2.05) is 0 Å². The van der Waals surface area contributed by atoms with Crippen molar-refractivity contribution in [1.82, 2.24) is 15.1 Å². The zero-order valence-corrected chi connectivity index (χ0v) is 9.20. The molecule has 1 N–H and O–H groups in total. The average molecular weight is 210 g/mol. The molecule has 1 amide bonds. The van der Waals surface area contributed by atoms with Crippen LogP contribution in [-0.2, 0) is 4.79 Å². The predicted molar refractivity (Wildman–Crippen MR) is 57.2 cm³/mol. The van der Waals surface area contributed by atoms with Crippen LogP contribution in [0.15, 0.2) is 0 Å². The van der Waals surface area contributed by atoms with Gasteiger partial charge in [0.05, 0.1) is 12.6 Å². The second-order valence-electron chi connectivity index (χ2n) is 3.70. The van der Waals surface area contributed by atoms with Crippen LogP contribution in [0.25, 0.3) is 0 Å². The standard InChI is InChI=1S/C10H18N4O/c1-12-10(15)2-4-13-6-8-14(5-3-11)9-7-13/h2,4-9H2,1H3,(H,12,15). The first-order valence-corrected chi connectivity index (χ1v) is 5.28. The van der Waals surface area contributed by atoms with E-state index in [1.165, 1.54) is 0 Å². The summed E-state index contributed by atoms with van der Waals surface area (Å²) in [6, 6.07) is 2.15. The minimum Gasteiger partial charge on any atom is -0.359 e. The first-order valence-electron chi connectivity index (χ1n) is 5.28. The third-order valence-corrected chi connectivity index (χ3v) is 2.69. The molecule has 5 nitrogen and oxygen atoms in total. The summed E-state index contributed by atoms with van der Waals surface area (Å²) in [5.74, 6) is 0.0921. The second-order valence-corrected chi connectivity index (χ2v) is 3.70. The SMILES string of the molecule is CNC(=O)CCN1CCN(CC#N)CC1. The van der Waals surface area contributed by atoms with Gasteiger partial charge in [0.1, 0.15) is 0 Å². The summed E-state index contributed by atoms with van der Waals surface area (Å²) in [6.45, 7) is 5.11. The fraction of sp³-hybridized carbons (Fsp3) is 0.800. The van der Waals surface area contributed by atoms with Crippen molar-refractivity contribution in [2.75, 3.05) is 46.3 Å². The Morgan fingerprint density at radius 2 is 1.93 bits per heavy atom. The maximum absolute atomic E-state index is 11.0. The molecular weight excluding hydrogens is 192 g/mol. The normalized spacial score (nSPS) is 18.4. The average Bonchev–Trinajstić information content (AvgIpc) is 2.28. The molecule has 1 aliphatic heterocycles. The number of piperazine rings is 1. The van der Waals surface area contributed by atoms with Crippen molar-refractivity contribution in [3.8, 4) is 6.07 Å². The monoisotopic (exact) mass is 210 g/mol. The summed E-state index contributed by atoms with van der Waals surface area (Å²) >= 11 is 0. The highest BCUT2D eigenvalue weighted by Crippen LogP contribution is 2.01. The molecule has 0 spiro atoms. The third kappa shape index (κ3) is 4.28. The lowest BCUT2D eigenvalue weighted by atomic mass is 10.3. The molecule has 1 rings (SSSR count). The second kappa shape index (κ2) is 6.38. The molecule has 1 aliphatic rings. The summed E-state index contributed by atoms with van der Waals surface area (Å²) in [7, 11) is 1.66. The van der Waals surface area contributed by atoms with E-state index >= 15 is 0 Å². The highest BCUT2D eigenvalue weighted by Gasteiger charge is 2.16. The summed E-state index contributed by atoms with van der Waals surface area (Å²) in [5, 5.41) is 11.1. The van der Waals surface area contributed by atoms with Gasteiger partial charge in [-0.3, -0.25) is 9.69 Å². The fourth-order valence-electron chi connectivity index (χ4n) is 1.66. The molecule has 0 saturated carbocycles. The van der Waals surface area contributed by atoms with Crippen molar-refractivity contribution in [2.24, 2.45) is 0 Å². The fourth-order valence-corrected chi connectivity index (χ4v) is 1.66. The maximum atomic E-state index is 11.0. The number of rotatable bonds is 4. The number of hydrogen-bond acceptors (Lipinski definition) is 4. The largest absolute Gasteiger partial charge is 0.359 e. The van der Waals surface area contributed by atoms with Gasteiger partial charge < -0.3 is 10.2 Å². The minimum atomic E-state index is 0.0921. The van der Waals surface area contributed by atoms with Crippen LogP contribution in [0.3, 0.4) is 0 Å². The predicted octanol–water partition coefficient (Wildman–Crippen LogP) is -0.736. The van der Waals surface area contributed by atoms with E-state index in [4.69, 9.17) is 5.26 Å². The van der Waals surface area contributed by atoms with E-state index in [-0.39, 0.29) is 5.91 Å². The van der Waals surface area contributed by atoms with Crippen molar-refractivity contribution in [1.29, 1.82) is 5.26 Å². The zero-order valence-electron chi connectivity index (χ0n) is 9.20. The Balaban J connectivity index is 2.15. The van der Waals surface area contributed by atoms with Gasteiger partial charge in [0.25, 0.3) is 0 Å². The van der Waals surface area contributed by atoms with E-state index < -0.39 is 0 Å². The van der Waals surface area contributed by atoms with E-state index in [0.29, 0.717) is 13.0 Å². The van der Waals surface area contributed by atoms with Crippen LogP contribution < -0.4 is 5.32 Å². The summed E-state index contributed by atoms with van der Waals surface area (Å²) in [4.78, 5) is 15.4. The third-order valence-electron chi connectivity index (χ3n) is 2.69. The van der Waals surface area contributed by atoms with Crippen LogP contribution in [0.2, 0.25) is 0 Å². The number of carbonyl (C=O) groups is 1. The lowest BCUT2D eigenvalue weighted by Crippen LogP contribution is -2.47. The Labute approximate surface area is 90.6 Å². The van der Waals surface area contributed by atoms with Crippen molar-refractivity contribution in [2.45, 2.75) is 6.42 Å². The van der Waals surface area contributed by atoms with Gasteiger partial charge >= 0.3 is 0 Å². The van der Waals surface area contributed by atoms with Crippen LogP contribution in [0.4, 0.5) is 0 Å². The van der Waals surface area contributed by atoms with E-state index in [2.05, 4.69) is 21.2 Å². The van der Waals surface area contributed by atoms with Gasteiger partial charge in [0.15, 0.2) is 0 Å². The summed E-state index contributed by atoms with van der Waals surface area (Å²) in [6.07, 6.45) is 0.564. The van der Waals surface area contributed by atoms with Crippen molar-refractivity contribution in [3.05, 3.63) is 0 Å². The Bertz CT molecular complexity index is 240. The number of amides is 1. The molecule has 0 aliphatic carbocycles. The van der Waals surface area contributed by atoms with Crippen molar-refractivity contribution >= 4 is 5.91 Å². The van der Waals surface area contributed by atoms with Gasteiger partial charge in [-0.1, -0.05) is 0 Å². The van der Waals surface area contributed by atoms with E-state index in [1.54, 1.807) is 7.05 Å². The topological polar surface area (TPSA) is 59.4 Å². The van der Waals surface area contributed by atoms with Crippen LogP contribution >= 0.6 is 0 Å². The molecule has 0 unspecified atom stereocenters. The molecule has 0 aromatic rings. The summed E-state index contributed by atoms with van der Waals surface area (Å²) < 4.78 is 0. The summed E-state index contributed by atoms with van der Waals surface area (Å²) in [5.41, 5.74) is 0. The number of nitrogens with one attached hydrogen (secondary N) is 1. The Kier molecular flexibility index (Phi) is 5.08. The van der Waals surface area contributed by atoms with Crippen LogP contribution in [-0.4, -0.2) is 62.0 Å². The first kappa shape index (κ1) is 12.0. The molecule has 0 aromatic heterocycles. The Morgan fingerprint density at radius 3 is 2.47 bits per heavy atom. The first-order chi connectivity index (χ1) is 7.26. The number of hydrogen-bond donors (Lipinski definition) is 1. The number of carbonyl (C=O) groups excluding carboxylic acids is 1. The Morgan fingerprint density at radius 1 is 1.33 bits per heavy atom. The highest BCUT2D eigenvalue weighted by atomic mass is 16.1. The van der Waals surface area contributed by atoms with Crippen LogP contribution in [0.1, 0.15) is 6.42 Å². The van der Waals surface area contributed by atoms with Gasteiger partial charge in [-0.05, 0) is 0 Å². The zero-order chi connectivity index (χ0) is 11.1. The molecule has 5 heteroatoms. The van der Waals surface area contributed by atoms with Crippen LogP contribution in [0, 0.1) is 11.3 Å². The molecule has 1 saturated heterocycles. The van der Waals surface area contributed by atoms with Gasteiger partial charge in [-0.2, -0.15) is 5.26 Å². The smallest absolute Gasteiger partial charge is 0.221 e. The quantitative estimate of drug-likeness (QED) is 0.621. The van der Waals surface area contributed by atoms with E-state index in [9.17, 15) is 4.79 Å². The molecule has 1 heterocycles. The molecule has 0 atom stereocenters. The highest BCUT2D eigenvalue weighted by molar-refractivity contribution is 5.75. The number of nitrogens with zero attached hydrogens (tertiary/aromatic N) is 3. The minimum absolute atomic E-state index is 0.0921. The lowest BCUT2D eigenvalue weighted by Gasteiger charge is -2.33.